The monoisotopic (exact) mass is 285 g/mol. The predicted molar refractivity (Wildman–Crippen MR) is 47.4 cm³/mol. The molecule has 0 saturated carbocycles. The topological polar surface area (TPSA) is 52.4 Å². The first-order valence-corrected chi connectivity index (χ1v) is 4.30. The number of ether oxygens (including phenoxy) is 1. The fourth-order valence-corrected chi connectivity index (χ4v) is 1.26. The van der Waals surface area contributed by atoms with E-state index in [9.17, 15) is 23.3 Å². The third kappa shape index (κ3) is 2.58. The van der Waals surface area contributed by atoms with Crippen molar-refractivity contribution in [2.75, 3.05) is 0 Å². The van der Waals surface area contributed by atoms with Crippen LogP contribution in [0, 0.1) is 15.9 Å². The van der Waals surface area contributed by atoms with E-state index in [4.69, 9.17) is 0 Å². The zero-order chi connectivity index (χ0) is 11.6. The fourth-order valence-electron chi connectivity index (χ4n) is 0.860. The predicted octanol–water partition coefficient (Wildman–Crippen LogP) is 3.10. The third-order valence-corrected chi connectivity index (χ3v) is 2.06. The van der Waals surface area contributed by atoms with Crippen molar-refractivity contribution in [3.63, 3.8) is 0 Å². The molecule has 0 unspecified atom stereocenters. The Kier molecular flexibility index (Phi) is 3.51. The van der Waals surface area contributed by atoms with Crippen LogP contribution in [0.4, 0.5) is 18.9 Å². The summed E-state index contributed by atoms with van der Waals surface area (Å²) in [5.41, 5.74) is -0.922. The molecule has 1 aromatic carbocycles. The molecule has 15 heavy (non-hydrogen) atoms. The summed E-state index contributed by atoms with van der Waals surface area (Å²) in [6.45, 7) is -3.25. The first kappa shape index (κ1) is 11.8. The van der Waals surface area contributed by atoms with E-state index in [1.807, 2.05) is 0 Å². The first-order valence-electron chi connectivity index (χ1n) is 3.50. The lowest BCUT2D eigenvalue weighted by atomic mass is 10.3. The summed E-state index contributed by atoms with van der Waals surface area (Å²) < 4.78 is 40.6. The Labute approximate surface area is 89.9 Å². The van der Waals surface area contributed by atoms with Crippen LogP contribution in [0.1, 0.15) is 0 Å². The van der Waals surface area contributed by atoms with E-state index in [-0.39, 0.29) is 4.47 Å². The third-order valence-electron chi connectivity index (χ3n) is 1.43. The van der Waals surface area contributed by atoms with Gasteiger partial charge in [-0.1, -0.05) is 0 Å². The number of hydrogen-bond donors (Lipinski definition) is 0. The molecule has 0 saturated heterocycles. The van der Waals surface area contributed by atoms with E-state index >= 15 is 0 Å². The summed E-state index contributed by atoms with van der Waals surface area (Å²) in [4.78, 5) is 9.25. The highest BCUT2D eigenvalue weighted by atomic mass is 79.9. The number of nitro benzene ring substituents is 1. The van der Waals surface area contributed by atoms with Crippen LogP contribution >= 0.6 is 15.9 Å². The van der Waals surface area contributed by atoms with E-state index in [0.717, 1.165) is 12.1 Å². The lowest BCUT2D eigenvalue weighted by Crippen LogP contribution is -2.05. The normalized spacial score (nSPS) is 10.5. The van der Waals surface area contributed by atoms with Gasteiger partial charge >= 0.3 is 12.3 Å². The van der Waals surface area contributed by atoms with Gasteiger partial charge in [0.1, 0.15) is 0 Å². The molecule has 0 spiro atoms. The molecule has 0 N–H and O–H groups in total. The Morgan fingerprint density at radius 2 is 2.07 bits per heavy atom. The summed E-state index contributed by atoms with van der Waals surface area (Å²) in [5.74, 6) is -2.31. The molecule has 8 heteroatoms. The second kappa shape index (κ2) is 4.47. The molecule has 4 nitrogen and oxygen atoms in total. The Morgan fingerprint density at radius 3 is 2.53 bits per heavy atom. The minimum absolute atomic E-state index is 0.120. The van der Waals surface area contributed by atoms with Gasteiger partial charge in [-0.3, -0.25) is 10.1 Å². The highest BCUT2D eigenvalue weighted by Crippen LogP contribution is 2.34. The van der Waals surface area contributed by atoms with Gasteiger partial charge in [-0.2, -0.15) is 13.2 Å². The standard InChI is InChI=1S/C7H3BrF3NO3/c8-3-1-2-4(12(13)14)5(9)6(3)15-7(10)11/h1-2,7H. The second-order valence-electron chi connectivity index (χ2n) is 2.35. The highest BCUT2D eigenvalue weighted by Gasteiger charge is 2.23. The maximum absolute atomic E-state index is 13.2. The van der Waals surface area contributed by atoms with Crippen LogP contribution < -0.4 is 4.74 Å². The summed E-state index contributed by atoms with van der Waals surface area (Å²) in [6.07, 6.45) is 0. The molecule has 0 amide bonds. The van der Waals surface area contributed by atoms with Crippen molar-refractivity contribution >= 4 is 21.6 Å². The lowest BCUT2D eigenvalue weighted by Gasteiger charge is -2.07. The van der Waals surface area contributed by atoms with Crippen molar-refractivity contribution in [1.29, 1.82) is 0 Å². The smallest absolute Gasteiger partial charge is 0.387 e. The molecule has 0 heterocycles. The minimum Gasteiger partial charge on any atom is -0.430 e. The zero-order valence-corrected chi connectivity index (χ0v) is 8.50. The first-order chi connectivity index (χ1) is 6.93. The van der Waals surface area contributed by atoms with Gasteiger partial charge in [0.25, 0.3) is 0 Å². The van der Waals surface area contributed by atoms with Crippen molar-refractivity contribution in [1.82, 2.24) is 0 Å². The van der Waals surface area contributed by atoms with Gasteiger partial charge in [-0.05, 0) is 22.0 Å². The van der Waals surface area contributed by atoms with E-state index < -0.39 is 28.8 Å². The van der Waals surface area contributed by atoms with E-state index in [0.29, 0.717) is 0 Å². The Balaban J connectivity index is 3.24. The van der Waals surface area contributed by atoms with Crippen molar-refractivity contribution < 1.29 is 22.8 Å². The van der Waals surface area contributed by atoms with Crippen molar-refractivity contribution in [3.8, 4) is 5.75 Å². The number of hydrogen-bond acceptors (Lipinski definition) is 3. The number of nitrogens with zero attached hydrogens (tertiary/aromatic N) is 1. The van der Waals surface area contributed by atoms with E-state index in [1.165, 1.54) is 0 Å². The molecule has 82 valence electrons. The summed E-state index contributed by atoms with van der Waals surface area (Å²) in [5, 5.41) is 10.3. The van der Waals surface area contributed by atoms with Crippen LogP contribution in [0.25, 0.3) is 0 Å². The molecular weight excluding hydrogens is 283 g/mol. The molecule has 0 aliphatic rings. The van der Waals surface area contributed by atoms with Crippen molar-refractivity contribution in [2.45, 2.75) is 6.61 Å². The Bertz CT molecular complexity index is 399. The van der Waals surface area contributed by atoms with Crippen molar-refractivity contribution in [2.24, 2.45) is 0 Å². The largest absolute Gasteiger partial charge is 0.430 e. The van der Waals surface area contributed by atoms with Gasteiger partial charge in [0, 0.05) is 6.07 Å². The average Bonchev–Trinajstić information content (AvgIpc) is 2.11. The van der Waals surface area contributed by atoms with Crippen LogP contribution in [0.2, 0.25) is 0 Å². The van der Waals surface area contributed by atoms with Gasteiger partial charge in [0.05, 0.1) is 9.40 Å². The minimum atomic E-state index is -3.25. The van der Waals surface area contributed by atoms with Crippen LogP contribution in [-0.2, 0) is 0 Å². The zero-order valence-electron chi connectivity index (χ0n) is 6.92. The molecule has 0 radical (unpaired) electrons. The van der Waals surface area contributed by atoms with Crippen LogP contribution in [0.5, 0.6) is 5.75 Å². The number of rotatable bonds is 3. The van der Waals surface area contributed by atoms with Gasteiger partial charge in [0.2, 0.25) is 5.82 Å². The van der Waals surface area contributed by atoms with Crippen LogP contribution in [0.15, 0.2) is 16.6 Å². The molecule has 0 bridgehead atoms. The summed E-state index contributed by atoms with van der Waals surface area (Å²) >= 11 is 2.74. The maximum atomic E-state index is 13.2. The Hall–Kier alpha value is -1.31. The number of halogens is 4. The molecule has 0 aromatic heterocycles. The molecule has 1 rings (SSSR count). The van der Waals surface area contributed by atoms with Crippen LogP contribution in [-0.4, -0.2) is 11.5 Å². The molecule has 0 atom stereocenters. The number of alkyl halides is 2. The summed E-state index contributed by atoms with van der Waals surface area (Å²) in [6, 6.07) is 1.90. The molecular formula is C7H3BrF3NO3. The van der Waals surface area contributed by atoms with Gasteiger partial charge in [0.15, 0.2) is 5.75 Å². The average molecular weight is 286 g/mol. The maximum Gasteiger partial charge on any atom is 0.387 e. The molecule has 0 fully saturated rings. The summed E-state index contributed by atoms with van der Waals surface area (Å²) in [7, 11) is 0. The molecule has 1 aromatic rings. The highest BCUT2D eigenvalue weighted by molar-refractivity contribution is 9.10. The van der Waals surface area contributed by atoms with E-state index in [1.54, 1.807) is 0 Å². The van der Waals surface area contributed by atoms with Crippen molar-refractivity contribution in [3.05, 3.63) is 32.5 Å². The quantitative estimate of drug-likeness (QED) is 0.633. The molecule has 0 aliphatic heterocycles. The van der Waals surface area contributed by atoms with Gasteiger partial charge in [-0.25, -0.2) is 0 Å². The van der Waals surface area contributed by atoms with Crippen LogP contribution in [0.3, 0.4) is 0 Å². The lowest BCUT2D eigenvalue weighted by molar-refractivity contribution is -0.387. The second-order valence-corrected chi connectivity index (χ2v) is 3.20. The SMILES string of the molecule is O=[N+]([O-])c1ccc(Br)c(OC(F)F)c1F. The molecule has 0 aliphatic carbocycles. The fraction of sp³-hybridized carbons (Fsp3) is 0.143. The number of nitro groups is 1. The number of benzene rings is 1. The van der Waals surface area contributed by atoms with Gasteiger partial charge in [-0.15, -0.1) is 0 Å². The Morgan fingerprint density at radius 1 is 1.47 bits per heavy atom. The van der Waals surface area contributed by atoms with Gasteiger partial charge < -0.3 is 4.74 Å². The van der Waals surface area contributed by atoms with E-state index in [2.05, 4.69) is 20.7 Å².